The quantitative estimate of drug-likeness (QED) is 0.497. The van der Waals surface area contributed by atoms with Crippen LogP contribution in [0.25, 0.3) is 0 Å². The lowest BCUT2D eigenvalue weighted by Gasteiger charge is -2.07. The number of allylic oxidation sites excluding steroid dienone is 3. The molecule has 0 spiro atoms. The lowest BCUT2D eigenvalue weighted by atomic mass is 9.99. The van der Waals surface area contributed by atoms with Gasteiger partial charge in [0, 0.05) is 0 Å². The van der Waals surface area contributed by atoms with Gasteiger partial charge in [0.15, 0.2) is 0 Å². The minimum absolute atomic E-state index is 0.680. The highest BCUT2D eigenvalue weighted by molar-refractivity contribution is 5.00. The van der Waals surface area contributed by atoms with Crippen LogP contribution in [0.5, 0.6) is 0 Å². The van der Waals surface area contributed by atoms with E-state index in [0.29, 0.717) is 5.92 Å². The van der Waals surface area contributed by atoms with E-state index in [0.717, 1.165) is 0 Å². The monoisotopic (exact) mass is 180 g/mol. The van der Waals surface area contributed by atoms with Gasteiger partial charge in [-0.15, -0.1) is 6.58 Å². The molecule has 0 fully saturated rings. The molecular weight excluding hydrogens is 156 g/mol. The minimum Gasteiger partial charge on any atom is -0.103 e. The van der Waals surface area contributed by atoms with Gasteiger partial charge in [0.1, 0.15) is 0 Å². The van der Waals surface area contributed by atoms with Crippen molar-refractivity contribution in [3.8, 4) is 0 Å². The Bertz CT molecular complexity index is 153. The Morgan fingerprint density at radius 2 is 2.08 bits per heavy atom. The summed E-state index contributed by atoms with van der Waals surface area (Å²) < 4.78 is 0. The Morgan fingerprint density at radius 1 is 1.38 bits per heavy atom. The van der Waals surface area contributed by atoms with E-state index in [1.165, 1.54) is 32.1 Å². The van der Waals surface area contributed by atoms with Gasteiger partial charge in [-0.3, -0.25) is 0 Å². The molecule has 0 rings (SSSR count). The summed E-state index contributed by atoms with van der Waals surface area (Å²) in [6.45, 7) is 10.5. The molecule has 0 amide bonds. The van der Waals surface area contributed by atoms with Gasteiger partial charge in [0.25, 0.3) is 0 Å². The molecule has 76 valence electrons. The predicted molar refractivity (Wildman–Crippen MR) is 61.9 cm³/mol. The van der Waals surface area contributed by atoms with Gasteiger partial charge in [-0.2, -0.15) is 0 Å². The standard InChI is InChI=1S/C13H24/c1-5-9-13(7-3)11-8-10-12(4)6-2/h6,9,12H,2,5,7-8,10-11H2,1,3-4H3. The molecule has 0 aromatic carbocycles. The third kappa shape index (κ3) is 6.62. The first-order chi connectivity index (χ1) is 6.24. The average molecular weight is 180 g/mol. The third-order valence-electron chi connectivity index (χ3n) is 2.51. The van der Waals surface area contributed by atoms with Crippen LogP contribution in [0.4, 0.5) is 0 Å². The smallest absolute Gasteiger partial charge is 0.0265 e. The molecule has 1 unspecified atom stereocenters. The van der Waals surface area contributed by atoms with Gasteiger partial charge in [0.05, 0.1) is 0 Å². The molecule has 0 heterocycles. The van der Waals surface area contributed by atoms with Crippen LogP contribution in [0.2, 0.25) is 0 Å². The molecule has 0 heteroatoms. The lowest BCUT2D eigenvalue weighted by molar-refractivity contribution is 0.601. The summed E-state index contributed by atoms with van der Waals surface area (Å²) in [5.41, 5.74) is 1.62. The summed E-state index contributed by atoms with van der Waals surface area (Å²) in [4.78, 5) is 0. The number of rotatable bonds is 7. The molecule has 0 aliphatic carbocycles. The van der Waals surface area contributed by atoms with Crippen molar-refractivity contribution in [2.75, 3.05) is 0 Å². The van der Waals surface area contributed by atoms with Crippen molar-refractivity contribution in [3.63, 3.8) is 0 Å². The fraction of sp³-hybridized carbons (Fsp3) is 0.692. The second-order valence-electron chi connectivity index (χ2n) is 3.73. The van der Waals surface area contributed by atoms with E-state index in [-0.39, 0.29) is 0 Å². The largest absolute Gasteiger partial charge is 0.103 e. The zero-order valence-corrected chi connectivity index (χ0v) is 9.47. The molecule has 13 heavy (non-hydrogen) atoms. The van der Waals surface area contributed by atoms with Crippen LogP contribution < -0.4 is 0 Å². The van der Waals surface area contributed by atoms with Crippen LogP contribution in [-0.2, 0) is 0 Å². The topological polar surface area (TPSA) is 0 Å². The molecule has 1 atom stereocenters. The van der Waals surface area contributed by atoms with E-state index in [2.05, 4.69) is 39.5 Å². The van der Waals surface area contributed by atoms with Crippen LogP contribution in [0.1, 0.15) is 52.9 Å². The molecule has 0 N–H and O–H groups in total. The van der Waals surface area contributed by atoms with Gasteiger partial charge >= 0.3 is 0 Å². The Hall–Kier alpha value is -0.520. The van der Waals surface area contributed by atoms with Gasteiger partial charge in [-0.05, 0) is 38.0 Å². The van der Waals surface area contributed by atoms with E-state index in [4.69, 9.17) is 0 Å². The normalized spacial score (nSPS) is 14.2. The zero-order valence-electron chi connectivity index (χ0n) is 9.47. The highest BCUT2D eigenvalue weighted by atomic mass is 14.0. The van der Waals surface area contributed by atoms with Crippen molar-refractivity contribution in [2.24, 2.45) is 5.92 Å². The Labute approximate surface area is 83.7 Å². The third-order valence-corrected chi connectivity index (χ3v) is 2.51. The molecule has 0 bridgehead atoms. The molecule has 0 saturated heterocycles. The van der Waals surface area contributed by atoms with Gasteiger partial charge in [-0.25, -0.2) is 0 Å². The van der Waals surface area contributed by atoms with Crippen LogP contribution >= 0.6 is 0 Å². The molecule has 0 radical (unpaired) electrons. The predicted octanol–water partition coefficient (Wildman–Crippen LogP) is 4.73. The second kappa shape index (κ2) is 8.10. The zero-order chi connectivity index (χ0) is 10.1. The number of hydrogen-bond acceptors (Lipinski definition) is 0. The van der Waals surface area contributed by atoms with Gasteiger partial charge in [-0.1, -0.05) is 38.5 Å². The van der Waals surface area contributed by atoms with E-state index < -0.39 is 0 Å². The summed E-state index contributed by atoms with van der Waals surface area (Å²) in [5.74, 6) is 0.680. The molecule has 0 aliphatic rings. The first-order valence-electron chi connectivity index (χ1n) is 5.55. The molecule has 0 aromatic heterocycles. The van der Waals surface area contributed by atoms with E-state index >= 15 is 0 Å². The Morgan fingerprint density at radius 3 is 2.54 bits per heavy atom. The average Bonchev–Trinajstić information content (AvgIpc) is 2.16. The van der Waals surface area contributed by atoms with Crippen molar-refractivity contribution >= 4 is 0 Å². The summed E-state index contributed by atoms with van der Waals surface area (Å²) in [6.07, 6.45) is 10.7. The van der Waals surface area contributed by atoms with Crippen molar-refractivity contribution in [1.29, 1.82) is 0 Å². The molecule has 0 aromatic rings. The summed E-state index contributed by atoms with van der Waals surface area (Å²) in [5, 5.41) is 0. The molecule has 0 saturated carbocycles. The van der Waals surface area contributed by atoms with E-state index in [1.807, 2.05) is 0 Å². The summed E-state index contributed by atoms with van der Waals surface area (Å²) in [7, 11) is 0. The Kier molecular flexibility index (Phi) is 7.77. The van der Waals surface area contributed by atoms with Crippen molar-refractivity contribution < 1.29 is 0 Å². The van der Waals surface area contributed by atoms with Crippen molar-refractivity contribution in [2.45, 2.75) is 52.9 Å². The highest BCUT2D eigenvalue weighted by Gasteiger charge is 1.98. The van der Waals surface area contributed by atoms with Crippen LogP contribution in [0.3, 0.4) is 0 Å². The fourth-order valence-corrected chi connectivity index (χ4v) is 1.48. The van der Waals surface area contributed by atoms with Crippen LogP contribution in [0.15, 0.2) is 24.3 Å². The number of hydrogen-bond donors (Lipinski definition) is 0. The summed E-state index contributed by atoms with van der Waals surface area (Å²) in [6, 6.07) is 0. The SMILES string of the molecule is C=CC(C)CCCC(=CCC)CC. The van der Waals surface area contributed by atoms with Crippen molar-refractivity contribution in [1.82, 2.24) is 0 Å². The van der Waals surface area contributed by atoms with Crippen LogP contribution in [0, 0.1) is 5.92 Å². The van der Waals surface area contributed by atoms with E-state index in [1.54, 1.807) is 5.57 Å². The molecular formula is C13H24. The minimum atomic E-state index is 0.680. The van der Waals surface area contributed by atoms with Crippen molar-refractivity contribution in [3.05, 3.63) is 24.3 Å². The first kappa shape index (κ1) is 12.5. The maximum absolute atomic E-state index is 3.80. The molecule has 0 aliphatic heterocycles. The fourth-order valence-electron chi connectivity index (χ4n) is 1.48. The van der Waals surface area contributed by atoms with E-state index in [9.17, 15) is 0 Å². The first-order valence-corrected chi connectivity index (χ1v) is 5.55. The Balaban J connectivity index is 3.61. The van der Waals surface area contributed by atoms with Crippen LogP contribution in [-0.4, -0.2) is 0 Å². The van der Waals surface area contributed by atoms with Gasteiger partial charge in [0.2, 0.25) is 0 Å². The lowest BCUT2D eigenvalue weighted by Crippen LogP contribution is -1.90. The second-order valence-corrected chi connectivity index (χ2v) is 3.73. The van der Waals surface area contributed by atoms with Gasteiger partial charge < -0.3 is 0 Å². The molecule has 0 nitrogen and oxygen atoms in total. The maximum atomic E-state index is 3.80. The highest BCUT2D eigenvalue weighted by Crippen LogP contribution is 2.15. The summed E-state index contributed by atoms with van der Waals surface area (Å²) >= 11 is 0. The maximum Gasteiger partial charge on any atom is -0.0265 e.